The number of hydrogen-bond acceptors (Lipinski definition) is 5. The minimum Gasteiger partial charge on any atom is -0.449 e. The van der Waals surface area contributed by atoms with Crippen molar-refractivity contribution < 1.29 is 22.7 Å². The van der Waals surface area contributed by atoms with Gasteiger partial charge in [-0.2, -0.15) is 0 Å². The lowest BCUT2D eigenvalue weighted by molar-refractivity contribution is -0.123. The van der Waals surface area contributed by atoms with Crippen LogP contribution in [0.15, 0.2) is 41.3 Å². The fraction of sp³-hybridized carbons (Fsp3) is 0.263. The lowest BCUT2D eigenvalue weighted by Gasteiger charge is -2.16. The highest BCUT2D eigenvalue weighted by atomic mass is 35.5. The summed E-state index contributed by atoms with van der Waals surface area (Å²) in [6.07, 6.45) is -0.0342. The predicted octanol–water partition coefficient (Wildman–Crippen LogP) is 3.54. The summed E-state index contributed by atoms with van der Waals surface area (Å²) in [5.41, 5.74) is 1.97. The summed E-state index contributed by atoms with van der Waals surface area (Å²) >= 11 is 5.93. The molecule has 0 aliphatic carbocycles. The average Bonchev–Trinajstić information content (AvgIpc) is 2.57. The molecule has 0 bridgehead atoms. The maximum Gasteiger partial charge on any atom is 0.339 e. The highest BCUT2D eigenvalue weighted by molar-refractivity contribution is 7.90. The molecule has 2 aromatic carbocycles. The van der Waals surface area contributed by atoms with Crippen LogP contribution in [0.2, 0.25) is 5.02 Å². The van der Waals surface area contributed by atoms with Crippen molar-refractivity contribution in [2.75, 3.05) is 11.6 Å². The van der Waals surface area contributed by atoms with Gasteiger partial charge in [0.1, 0.15) is 0 Å². The van der Waals surface area contributed by atoms with Gasteiger partial charge in [-0.25, -0.2) is 13.2 Å². The zero-order valence-electron chi connectivity index (χ0n) is 15.4. The van der Waals surface area contributed by atoms with E-state index in [2.05, 4.69) is 5.32 Å². The Morgan fingerprint density at radius 1 is 1.07 bits per heavy atom. The standard InChI is InChI=1S/C19H20ClNO5S/c1-11-6-8-15(27(4,24)25)10-16(11)19(23)26-13(3)18(22)21-17-9-14(20)7-5-12(17)2/h5-10,13H,1-4H3,(H,21,22)/t13-/m0/s1. The Balaban J connectivity index is 2.15. The summed E-state index contributed by atoms with van der Waals surface area (Å²) in [7, 11) is -3.47. The number of rotatable bonds is 5. The minimum atomic E-state index is -3.47. The van der Waals surface area contributed by atoms with Gasteiger partial charge in [0.25, 0.3) is 5.91 Å². The van der Waals surface area contributed by atoms with Crippen LogP contribution in [0.5, 0.6) is 0 Å². The molecule has 0 spiro atoms. The average molecular weight is 410 g/mol. The number of ether oxygens (including phenoxy) is 1. The SMILES string of the molecule is Cc1ccc(Cl)cc1NC(=O)[C@H](C)OC(=O)c1cc(S(C)(=O)=O)ccc1C. The van der Waals surface area contributed by atoms with Crippen LogP contribution in [0, 0.1) is 13.8 Å². The molecule has 2 rings (SSSR count). The fourth-order valence-electron chi connectivity index (χ4n) is 2.29. The number of carbonyl (C=O) groups excluding carboxylic acids is 2. The molecular weight excluding hydrogens is 390 g/mol. The number of aryl methyl sites for hydroxylation is 2. The van der Waals surface area contributed by atoms with Crippen LogP contribution >= 0.6 is 11.6 Å². The monoisotopic (exact) mass is 409 g/mol. The van der Waals surface area contributed by atoms with Crippen molar-refractivity contribution >= 4 is 39.0 Å². The zero-order chi connectivity index (χ0) is 20.4. The summed E-state index contributed by atoms with van der Waals surface area (Å²) in [4.78, 5) is 24.7. The largest absolute Gasteiger partial charge is 0.449 e. The Morgan fingerprint density at radius 3 is 2.33 bits per heavy atom. The van der Waals surface area contributed by atoms with Crippen molar-refractivity contribution in [2.45, 2.75) is 31.8 Å². The van der Waals surface area contributed by atoms with E-state index in [1.54, 1.807) is 25.1 Å². The summed E-state index contributed by atoms with van der Waals surface area (Å²) in [5, 5.41) is 3.13. The number of anilines is 1. The van der Waals surface area contributed by atoms with E-state index in [-0.39, 0.29) is 10.5 Å². The molecule has 2 aromatic rings. The normalized spacial score (nSPS) is 12.3. The number of amides is 1. The molecule has 0 radical (unpaired) electrons. The predicted molar refractivity (Wildman–Crippen MR) is 104 cm³/mol. The second kappa shape index (κ2) is 8.10. The van der Waals surface area contributed by atoms with Crippen LogP contribution in [0.4, 0.5) is 5.69 Å². The molecule has 0 heterocycles. The first-order valence-electron chi connectivity index (χ1n) is 8.07. The summed E-state index contributed by atoms with van der Waals surface area (Å²) in [5.74, 6) is -1.30. The lowest BCUT2D eigenvalue weighted by atomic mass is 10.1. The van der Waals surface area contributed by atoms with Crippen LogP contribution in [0.1, 0.15) is 28.4 Å². The van der Waals surface area contributed by atoms with E-state index in [0.717, 1.165) is 11.8 Å². The molecule has 27 heavy (non-hydrogen) atoms. The highest BCUT2D eigenvalue weighted by Crippen LogP contribution is 2.21. The van der Waals surface area contributed by atoms with Crippen molar-refractivity contribution in [3.63, 3.8) is 0 Å². The van der Waals surface area contributed by atoms with E-state index in [1.807, 2.05) is 6.92 Å². The fourth-order valence-corrected chi connectivity index (χ4v) is 3.11. The van der Waals surface area contributed by atoms with E-state index < -0.39 is 27.8 Å². The van der Waals surface area contributed by atoms with Crippen LogP contribution in [-0.2, 0) is 19.4 Å². The molecule has 1 atom stereocenters. The molecule has 0 fully saturated rings. The van der Waals surface area contributed by atoms with Gasteiger partial charge >= 0.3 is 5.97 Å². The van der Waals surface area contributed by atoms with E-state index in [4.69, 9.17) is 16.3 Å². The van der Waals surface area contributed by atoms with Gasteiger partial charge in [-0.3, -0.25) is 4.79 Å². The molecule has 8 heteroatoms. The molecule has 0 saturated carbocycles. The Kier molecular flexibility index (Phi) is 6.28. The summed E-state index contributed by atoms with van der Waals surface area (Å²) < 4.78 is 28.6. The smallest absolute Gasteiger partial charge is 0.339 e. The first kappa shape index (κ1) is 20.9. The lowest BCUT2D eigenvalue weighted by Crippen LogP contribution is -2.30. The molecule has 0 aliphatic heterocycles. The maximum atomic E-state index is 12.4. The van der Waals surface area contributed by atoms with Crippen LogP contribution < -0.4 is 5.32 Å². The molecular formula is C19H20ClNO5S. The highest BCUT2D eigenvalue weighted by Gasteiger charge is 2.22. The van der Waals surface area contributed by atoms with Crippen molar-refractivity contribution in [1.29, 1.82) is 0 Å². The van der Waals surface area contributed by atoms with Crippen LogP contribution in [0.25, 0.3) is 0 Å². The minimum absolute atomic E-state index is 0.00621. The zero-order valence-corrected chi connectivity index (χ0v) is 16.9. The summed E-state index contributed by atoms with van der Waals surface area (Å²) in [6.45, 7) is 4.90. The number of esters is 1. The Bertz CT molecular complexity index is 1000. The van der Waals surface area contributed by atoms with E-state index >= 15 is 0 Å². The van der Waals surface area contributed by atoms with Crippen molar-refractivity contribution in [1.82, 2.24) is 0 Å². The van der Waals surface area contributed by atoms with Gasteiger partial charge in [-0.15, -0.1) is 0 Å². The third-order valence-electron chi connectivity index (χ3n) is 3.97. The number of hydrogen-bond donors (Lipinski definition) is 1. The van der Waals surface area contributed by atoms with Gasteiger partial charge in [0.2, 0.25) is 0 Å². The Morgan fingerprint density at radius 2 is 1.70 bits per heavy atom. The van der Waals surface area contributed by atoms with E-state index in [1.165, 1.54) is 25.1 Å². The number of halogens is 1. The Hall–Kier alpha value is -2.38. The van der Waals surface area contributed by atoms with Crippen molar-refractivity contribution in [2.24, 2.45) is 0 Å². The molecule has 0 unspecified atom stereocenters. The van der Waals surface area contributed by atoms with Gasteiger partial charge in [0.15, 0.2) is 15.9 Å². The molecule has 1 amide bonds. The third-order valence-corrected chi connectivity index (χ3v) is 5.31. The second-order valence-corrected chi connectivity index (χ2v) is 8.70. The van der Waals surface area contributed by atoms with Gasteiger partial charge in [-0.05, 0) is 56.2 Å². The molecule has 144 valence electrons. The maximum absolute atomic E-state index is 12.4. The number of carbonyl (C=O) groups is 2. The van der Waals surface area contributed by atoms with Crippen molar-refractivity contribution in [3.05, 3.63) is 58.1 Å². The third kappa shape index (κ3) is 5.30. The number of sulfone groups is 1. The van der Waals surface area contributed by atoms with Gasteiger partial charge in [0.05, 0.1) is 10.5 Å². The number of benzene rings is 2. The van der Waals surface area contributed by atoms with Crippen LogP contribution in [-0.4, -0.2) is 32.7 Å². The number of nitrogens with one attached hydrogen (secondary N) is 1. The topological polar surface area (TPSA) is 89.5 Å². The molecule has 0 aromatic heterocycles. The second-order valence-electron chi connectivity index (χ2n) is 6.24. The van der Waals surface area contributed by atoms with Gasteiger partial charge in [0, 0.05) is 17.0 Å². The van der Waals surface area contributed by atoms with E-state index in [0.29, 0.717) is 16.3 Å². The first-order chi connectivity index (χ1) is 12.5. The van der Waals surface area contributed by atoms with E-state index in [9.17, 15) is 18.0 Å². The van der Waals surface area contributed by atoms with Gasteiger partial charge < -0.3 is 10.1 Å². The van der Waals surface area contributed by atoms with Crippen LogP contribution in [0.3, 0.4) is 0 Å². The molecule has 6 nitrogen and oxygen atoms in total. The first-order valence-corrected chi connectivity index (χ1v) is 10.3. The molecule has 1 N–H and O–H groups in total. The molecule has 0 aliphatic rings. The Labute approximate surface area is 163 Å². The summed E-state index contributed by atoms with van der Waals surface area (Å²) in [6, 6.07) is 9.25. The molecule has 0 saturated heterocycles. The van der Waals surface area contributed by atoms with Crippen molar-refractivity contribution in [3.8, 4) is 0 Å². The quantitative estimate of drug-likeness (QED) is 0.763. The van der Waals surface area contributed by atoms with Gasteiger partial charge in [-0.1, -0.05) is 23.7 Å².